The maximum Gasteiger partial charge on any atom is 0.243 e. The highest BCUT2D eigenvalue weighted by Gasteiger charge is 2.31. The molecule has 33 heavy (non-hydrogen) atoms. The van der Waals surface area contributed by atoms with Gasteiger partial charge in [-0.05, 0) is 74.8 Å². The molecule has 1 unspecified atom stereocenters. The molecule has 0 bridgehead atoms. The Balaban J connectivity index is 1.31. The van der Waals surface area contributed by atoms with E-state index in [2.05, 4.69) is 16.7 Å². The van der Waals surface area contributed by atoms with Gasteiger partial charge >= 0.3 is 0 Å². The first-order valence-electron chi connectivity index (χ1n) is 12.4. The molecular weight excluding hydrogens is 436 g/mol. The number of anilines is 1. The van der Waals surface area contributed by atoms with Crippen LogP contribution in [-0.4, -0.2) is 67.8 Å². The number of aromatic nitrogens is 1. The molecule has 1 aromatic heterocycles. The maximum absolute atomic E-state index is 13.1. The predicted octanol–water partition coefficient (Wildman–Crippen LogP) is 3.49. The van der Waals surface area contributed by atoms with Crippen LogP contribution in [0.15, 0.2) is 35.2 Å². The number of piperidine rings is 2. The Bertz CT molecular complexity index is 1120. The molecule has 0 radical (unpaired) electrons. The van der Waals surface area contributed by atoms with E-state index in [0.717, 1.165) is 74.9 Å². The van der Waals surface area contributed by atoms with Crippen molar-refractivity contribution < 1.29 is 13.2 Å². The van der Waals surface area contributed by atoms with E-state index in [4.69, 9.17) is 4.98 Å². The molecule has 0 saturated carbocycles. The van der Waals surface area contributed by atoms with Crippen LogP contribution in [0.3, 0.4) is 0 Å². The fraction of sp³-hybridized carbons (Fsp3) is 0.600. The first-order chi connectivity index (χ1) is 15.9. The van der Waals surface area contributed by atoms with Gasteiger partial charge in [-0.25, -0.2) is 13.4 Å². The van der Waals surface area contributed by atoms with E-state index in [9.17, 15) is 13.2 Å². The number of pyridine rings is 1. The summed E-state index contributed by atoms with van der Waals surface area (Å²) in [6, 6.07) is 9.14. The largest absolute Gasteiger partial charge is 0.356 e. The van der Waals surface area contributed by atoms with Crippen LogP contribution in [0.25, 0.3) is 10.9 Å². The lowest BCUT2D eigenvalue weighted by atomic mass is 9.93. The summed E-state index contributed by atoms with van der Waals surface area (Å²) in [6.07, 6.45) is 5.97. The average molecular weight is 471 g/mol. The van der Waals surface area contributed by atoms with Gasteiger partial charge in [0.25, 0.3) is 0 Å². The van der Waals surface area contributed by atoms with E-state index in [0.29, 0.717) is 36.4 Å². The molecule has 0 N–H and O–H groups in total. The lowest BCUT2D eigenvalue weighted by molar-refractivity contribution is -0.137. The summed E-state index contributed by atoms with van der Waals surface area (Å²) < 4.78 is 27.4. The minimum Gasteiger partial charge on any atom is -0.356 e. The number of rotatable bonds is 4. The summed E-state index contributed by atoms with van der Waals surface area (Å²) >= 11 is 0. The fourth-order valence-electron chi connectivity index (χ4n) is 5.38. The Labute approximate surface area is 196 Å². The fourth-order valence-corrected chi connectivity index (χ4v) is 6.93. The van der Waals surface area contributed by atoms with Crippen molar-refractivity contribution in [3.8, 4) is 0 Å². The molecule has 3 aliphatic rings. The van der Waals surface area contributed by atoms with E-state index in [1.807, 2.05) is 18.2 Å². The van der Waals surface area contributed by atoms with E-state index in [-0.39, 0.29) is 5.92 Å². The minimum atomic E-state index is -3.44. The summed E-state index contributed by atoms with van der Waals surface area (Å²) in [4.78, 5) is 22.5. The number of carbonyl (C=O) groups excluding carboxylic acids is 1. The number of hydrogen-bond acceptors (Lipinski definition) is 5. The van der Waals surface area contributed by atoms with Crippen molar-refractivity contribution in [3.63, 3.8) is 0 Å². The zero-order chi connectivity index (χ0) is 23.0. The molecule has 0 aliphatic carbocycles. The van der Waals surface area contributed by atoms with E-state index in [1.165, 1.54) is 0 Å². The van der Waals surface area contributed by atoms with Crippen LogP contribution in [-0.2, 0) is 14.8 Å². The third-order valence-corrected chi connectivity index (χ3v) is 9.43. The minimum absolute atomic E-state index is 0.0256. The van der Waals surface area contributed by atoms with Gasteiger partial charge in [-0.1, -0.05) is 6.92 Å². The molecule has 4 heterocycles. The summed E-state index contributed by atoms with van der Waals surface area (Å²) in [5.74, 6) is 1.90. The van der Waals surface area contributed by atoms with Crippen LogP contribution in [0, 0.1) is 11.8 Å². The second-order valence-electron chi connectivity index (χ2n) is 9.93. The smallest absolute Gasteiger partial charge is 0.243 e. The van der Waals surface area contributed by atoms with E-state index >= 15 is 0 Å². The van der Waals surface area contributed by atoms with Crippen molar-refractivity contribution in [1.29, 1.82) is 0 Å². The lowest BCUT2D eigenvalue weighted by Crippen LogP contribution is -2.47. The van der Waals surface area contributed by atoms with E-state index < -0.39 is 10.0 Å². The maximum atomic E-state index is 13.1. The first kappa shape index (κ1) is 22.6. The quantitative estimate of drug-likeness (QED) is 0.684. The van der Waals surface area contributed by atoms with Gasteiger partial charge in [-0.2, -0.15) is 4.31 Å². The summed E-state index contributed by atoms with van der Waals surface area (Å²) in [5, 5.41) is 0.825. The Morgan fingerprint density at radius 3 is 2.45 bits per heavy atom. The van der Waals surface area contributed by atoms with Crippen molar-refractivity contribution in [2.24, 2.45) is 11.8 Å². The second kappa shape index (κ2) is 9.22. The molecule has 8 heteroatoms. The number of benzene rings is 1. The van der Waals surface area contributed by atoms with Gasteiger partial charge in [0.05, 0.1) is 16.3 Å². The SMILES string of the molecule is CC1CCN(C(=O)C2CCCN(c3ccc4cc(S(=O)(=O)N5CCCC5)ccc4n3)C2)CC1. The zero-order valence-electron chi connectivity index (χ0n) is 19.4. The monoisotopic (exact) mass is 470 g/mol. The molecule has 5 rings (SSSR count). The number of carbonyl (C=O) groups is 1. The third-order valence-electron chi connectivity index (χ3n) is 7.54. The molecule has 1 aromatic carbocycles. The van der Waals surface area contributed by atoms with Gasteiger partial charge in [0.1, 0.15) is 5.82 Å². The normalized spacial score (nSPS) is 23.4. The molecule has 178 valence electrons. The second-order valence-corrected chi connectivity index (χ2v) is 11.9. The van der Waals surface area contributed by atoms with Crippen molar-refractivity contribution in [2.45, 2.75) is 50.3 Å². The molecule has 3 aliphatic heterocycles. The summed E-state index contributed by atoms with van der Waals surface area (Å²) in [7, 11) is -3.44. The van der Waals surface area contributed by atoms with Crippen LogP contribution in [0.2, 0.25) is 0 Å². The molecule has 3 fully saturated rings. The predicted molar refractivity (Wildman–Crippen MR) is 130 cm³/mol. The molecule has 2 aromatic rings. The molecular formula is C25H34N4O3S. The molecule has 1 atom stereocenters. The van der Waals surface area contributed by atoms with Crippen molar-refractivity contribution in [2.75, 3.05) is 44.2 Å². The number of nitrogens with zero attached hydrogens (tertiary/aromatic N) is 4. The van der Waals surface area contributed by atoms with Crippen LogP contribution in [0.4, 0.5) is 5.82 Å². The van der Waals surface area contributed by atoms with Gasteiger partial charge in [0.15, 0.2) is 0 Å². The van der Waals surface area contributed by atoms with Gasteiger partial charge in [0, 0.05) is 44.7 Å². The molecule has 3 saturated heterocycles. The van der Waals surface area contributed by atoms with Gasteiger partial charge in [0.2, 0.25) is 15.9 Å². The Morgan fingerprint density at radius 1 is 0.939 bits per heavy atom. The number of fused-ring (bicyclic) bond motifs is 1. The standard InChI is InChI=1S/C25H34N4O3S/c1-19-10-15-27(16-11-19)25(30)21-5-4-12-28(18-21)24-9-6-20-17-22(7-8-23(20)26-24)33(31,32)29-13-2-3-14-29/h6-9,17,19,21H,2-5,10-16,18H2,1H3. The van der Waals surface area contributed by atoms with Crippen LogP contribution < -0.4 is 4.90 Å². The van der Waals surface area contributed by atoms with Crippen LogP contribution in [0.1, 0.15) is 45.4 Å². The highest BCUT2D eigenvalue weighted by molar-refractivity contribution is 7.89. The Morgan fingerprint density at radius 2 is 1.70 bits per heavy atom. The van der Waals surface area contributed by atoms with Gasteiger partial charge < -0.3 is 9.80 Å². The van der Waals surface area contributed by atoms with Crippen molar-refractivity contribution >= 4 is 32.7 Å². The van der Waals surface area contributed by atoms with E-state index in [1.54, 1.807) is 16.4 Å². The Kier molecular flexibility index (Phi) is 6.31. The topological polar surface area (TPSA) is 73.8 Å². The van der Waals surface area contributed by atoms with Crippen molar-refractivity contribution in [1.82, 2.24) is 14.2 Å². The molecule has 0 spiro atoms. The highest BCUT2D eigenvalue weighted by atomic mass is 32.2. The number of amides is 1. The lowest BCUT2D eigenvalue weighted by Gasteiger charge is -2.37. The number of sulfonamides is 1. The third kappa shape index (κ3) is 4.60. The number of likely N-dealkylation sites (tertiary alicyclic amines) is 1. The zero-order valence-corrected chi connectivity index (χ0v) is 20.3. The number of hydrogen-bond donors (Lipinski definition) is 0. The molecule has 7 nitrogen and oxygen atoms in total. The Hall–Kier alpha value is -2.19. The molecule has 1 amide bonds. The van der Waals surface area contributed by atoms with Gasteiger partial charge in [-0.15, -0.1) is 0 Å². The summed E-state index contributed by atoms with van der Waals surface area (Å²) in [5.41, 5.74) is 0.784. The average Bonchev–Trinajstić information content (AvgIpc) is 3.40. The van der Waals surface area contributed by atoms with Crippen LogP contribution in [0.5, 0.6) is 0 Å². The first-order valence-corrected chi connectivity index (χ1v) is 13.8. The van der Waals surface area contributed by atoms with Crippen LogP contribution >= 0.6 is 0 Å². The summed E-state index contributed by atoms with van der Waals surface area (Å²) in [6.45, 7) is 6.82. The van der Waals surface area contributed by atoms with Crippen molar-refractivity contribution in [3.05, 3.63) is 30.3 Å². The van der Waals surface area contributed by atoms with Gasteiger partial charge in [-0.3, -0.25) is 4.79 Å². The highest BCUT2D eigenvalue weighted by Crippen LogP contribution is 2.28.